The van der Waals surface area contributed by atoms with Gasteiger partial charge in [-0.05, 0) is 39.2 Å². The molecule has 104 valence electrons. The van der Waals surface area contributed by atoms with Crippen molar-refractivity contribution in [1.82, 2.24) is 0 Å². The molecule has 2 N–H and O–H groups in total. The Kier molecular flexibility index (Phi) is 5.85. The summed E-state index contributed by atoms with van der Waals surface area (Å²) in [6, 6.07) is 10.2. The molecular formula is C16H24N2O. The van der Waals surface area contributed by atoms with Gasteiger partial charge in [0, 0.05) is 11.6 Å². The van der Waals surface area contributed by atoms with Crippen LogP contribution in [0.25, 0.3) is 0 Å². The molecule has 0 heterocycles. The summed E-state index contributed by atoms with van der Waals surface area (Å²) in [6.45, 7) is 6.59. The molecule has 3 nitrogen and oxygen atoms in total. The van der Waals surface area contributed by atoms with E-state index in [-0.39, 0.29) is 11.5 Å². The minimum Gasteiger partial charge on any atom is -0.493 e. The minimum absolute atomic E-state index is 0.0201. The van der Waals surface area contributed by atoms with E-state index in [2.05, 4.69) is 13.0 Å². The Labute approximate surface area is 116 Å². The molecule has 0 unspecified atom stereocenters. The Morgan fingerprint density at radius 3 is 2.68 bits per heavy atom. The van der Waals surface area contributed by atoms with Crippen LogP contribution in [0.3, 0.4) is 0 Å². The maximum absolute atomic E-state index is 8.95. The zero-order valence-corrected chi connectivity index (χ0v) is 12.1. The summed E-state index contributed by atoms with van der Waals surface area (Å²) >= 11 is 0. The maximum atomic E-state index is 8.95. The number of benzene rings is 1. The molecule has 3 heteroatoms. The number of nitrogens with two attached hydrogens (primary N) is 1. The Bertz CT molecular complexity index is 435. The molecular weight excluding hydrogens is 236 g/mol. The third kappa shape index (κ3) is 4.92. The highest BCUT2D eigenvalue weighted by molar-refractivity contribution is 5.35. The van der Waals surface area contributed by atoms with E-state index in [0.717, 1.165) is 30.6 Å². The fourth-order valence-corrected chi connectivity index (χ4v) is 1.89. The molecule has 0 saturated heterocycles. The standard InChI is InChI=1S/C16H24N2O/c1-4-14(18)13-8-5-6-9-15(13)19-11-7-10-16(2,3)12-17/h5-6,8-9,14H,4,7,10-11,18H2,1-3H3/t14-/m0/s1. The van der Waals surface area contributed by atoms with Gasteiger partial charge in [-0.2, -0.15) is 5.26 Å². The molecule has 0 aliphatic heterocycles. The first-order valence-electron chi connectivity index (χ1n) is 6.88. The Balaban J connectivity index is 2.52. The van der Waals surface area contributed by atoms with E-state index in [0.29, 0.717) is 6.61 Å². The largest absolute Gasteiger partial charge is 0.493 e. The second kappa shape index (κ2) is 7.16. The van der Waals surface area contributed by atoms with Gasteiger partial charge in [-0.1, -0.05) is 25.1 Å². The summed E-state index contributed by atoms with van der Waals surface area (Å²) in [4.78, 5) is 0. The second-order valence-corrected chi connectivity index (χ2v) is 5.50. The zero-order valence-electron chi connectivity index (χ0n) is 12.1. The predicted molar refractivity (Wildman–Crippen MR) is 77.8 cm³/mol. The van der Waals surface area contributed by atoms with E-state index in [1.807, 2.05) is 38.1 Å². The molecule has 1 aromatic carbocycles. The van der Waals surface area contributed by atoms with E-state index >= 15 is 0 Å². The molecule has 19 heavy (non-hydrogen) atoms. The molecule has 0 radical (unpaired) electrons. The molecule has 0 aliphatic carbocycles. The Morgan fingerprint density at radius 1 is 1.37 bits per heavy atom. The first kappa shape index (κ1) is 15.5. The van der Waals surface area contributed by atoms with Crippen molar-refractivity contribution in [3.63, 3.8) is 0 Å². The van der Waals surface area contributed by atoms with Crippen LogP contribution in [0.1, 0.15) is 51.6 Å². The van der Waals surface area contributed by atoms with Crippen molar-refractivity contribution in [2.75, 3.05) is 6.61 Å². The topological polar surface area (TPSA) is 59.0 Å². The summed E-state index contributed by atoms with van der Waals surface area (Å²) in [6.07, 6.45) is 2.60. The lowest BCUT2D eigenvalue weighted by Gasteiger charge is -2.17. The fourth-order valence-electron chi connectivity index (χ4n) is 1.89. The number of hydrogen-bond donors (Lipinski definition) is 1. The maximum Gasteiger partial charge on any atom is 0.124 e. The molecule has 0 aliphatic rings. The summed E-state index contributed by atoms with van der Waals surface area (Å²) in [7, 11) is 0. The lowest BCUT2D eigenvalue weighted by Crippen LogP contribution is -2.13. The quantitative estimate of drug-likeness (QED) is 0.758. The number of ether oxygens (including phenoxy) is 1. The van der Waals surface area contributed by atoms with Crippen molar-refractivity contribution in [3.8, 4) is 11.8 Å². The van der Waals surface area contributed by atoms with E-state index in [1.54, 1.807) is 0 Å². The van der Waals surface area contributed by atoms with E-state index in [9.17, 15) is 0 Å². The monoisotopic (exact) mass is 260 g/mol. The molecule has 1 rings (SSSR count). The van der Waals surface area contributed by atoms with Crippen LogP contribution >= 0.6 is 0 Å². The van der Waals surface area contributed by atoms with Gasteiger partial charge in [0.15, 0.2) is 0 Å². The smallest absolute Gasteiger partial charge is 0.124 e. The molecule has 0 saturated carbocycles. The van der Waals surface area contributed by atoms with Crippen LogP contribution in [-0.2, 0) is 0 Å². The van der Waals surface area contributed by atoms with E-state index in [1.165, 1.54) is 0 Å². The predicted octanol–water partition coefficient (Wildman–Crippen LogP) is 3.81. The van der Waals surface area contributed by atoms with Crippen LogP contribution in [0.2, 0.25) is 0 Å². The van der Waals surface area contributed by atoms with Gasteiger partial charge in [0.25, 0.3) is 0 Å². The van der Waals surface area contributed by atoms with Gasteiger partial charge in [0.2, 0.25) is 0 Å². The number of rotatable bonds is 7. The van der Waals surface area contributed by atoms with E-state index in [4.69, 9.17) is 15.7 Å². The lowest BCUT2D eigenvalue weighted by atomic mass is 9.90. The van der Waals surface area contributed by atoms with Crippen LogP contribution in [-0.4, -0.2) is 6.61 Å². The van der Waals surface area contributed by atoms with Crippen molar-refractivity contribution >= 4 is 0 Å². The Hall–Kier alpha value is -1.53. The average molecular weight is 260 g/mol. The van der Waals surface area contributed by atoms with Crippen molar-refractivity contribution in [1.29, 1.82) is 5.26 Å². The average Bonchev–Trinajstić information content (AvgIpc) is 2.43. The molecule has 0 aromatic heterocycles. The molecule has 0 bridgehead atoms. The first-order valence-corrected chi connectivity index (χ1v) is 6.88. The van der Waals surface area contributed by atoms with Gasteiger partial charge >= 0.3 is 0 Å². The number of hydrogen-bond acceptors (Lipinski definition) is 3. The molecule has 0 amide bonds. The van der Waals surface area contributed by atoms with Crippen LogP contribution in [0.4, 0.5) is 0 Å². The van der Waals surface area contributed by atoms with Crippen molar-refractivity contribution in [2.45, 2.75) is 46.1 Å². The highest BCUT2D eigenvalue weighted by Crippen LogP contribution is 2.26. The zero-order chi connectivity index (χ0) is 14.3. The van der Waals surface area contributed by atoms with Gasteiger partial charge in [-0.15, -0.1) is 0 Å². The summed E-state index contributed by atoms with van der Waals surface area (Å²) in [5.74, 6) is 0.867. The number of para-hydroxylation sites is 1. The van der Waals surface area contributed by atoms with Crippen molar-refractivity contribution in [3.05, 3.63) is 29.8 Å². The third-order valence-corrected chi connectivity index (χ3v) is 3.26. The van der Waals surface area contributed by atoms with Gasteiger partial charge in [-0.25, -0.2) is 0 Å². The molecule has 1 aromatic rings. The van der Waals surface area contributed by atoms with Crippen LogP contribution in [0.15, 0.2) is 24.3 Å². The van der Waals surface area contributed by atoms with Crippen molar-refractivity contribution < 1.29 is 4.74 Å². The highest BCUT2D eigenvalue weighted by Gasteiger charge is 2.16. The van der Waals surface area contributed by atoms with Crippen molar-refractivity contribution in [2.24, 2.45) is 11.1 Å². The van der Waals surface area contributed by atoms with Gasteiger partial charge in [0.1, 0.15) is 5.75 Å². The second-order valence-electron chi connectivity index (χ2n) is 5.50. The first-order chi connectivity index (χ1) is 9.00. The summed E-state index contributed by atoms with van der Waals surface area (Å²) < 4.78 is 5.81. The minimum atomic E-state index is -0.275. The SMILES string of the molecule is CC[C@H](N)c1ccccc1OCCCC(C)(C)C#N. The van der Waals surface area contributed by atoms with Crippen LogP contribution in [0, 0.1) is 16.7 Å². The van der Waals surface area contributed by atoms with Gasteiger partial charge in [-0.3, -0.25) is 0 Å². The lowest BCUT2D eigenvalue weighted by molar-refractivity contribution is 0.280. The van der Waals surface area contributed by atoms with E-state index < -0.39 is 0 Å². The number of nitriles is 1. The normalized spacial score (nSPS) is 12.8. The molecule has 1 atom stereocenters. The molecule has 0 fully saturated rings. The summed E-state index contributed by atoms with van der Waals surface area (Å²) in [5.41, 5.74) is 6.85. The van der Waals surface area contributed by atoms with Crippen LogP contribution < -0.4 is 10.5 Å². The highest BCUT2D eigenvalue weighted by atomic mass is 16.5. The summed E-state index contributed by atoms with van der Waals surface area (Å²) in [5, 5.41) is 8.95. The van der Waals surface area contributed by atoms with Gasteiger partial charge in [0.05, 0.1) is 18.1 Å². The van der Waals surface area contributed by atoms with Crippen LogP contribution in [0.5, 0.6) is 5.75 Å². The third-order valence-electron chi connectivity index (χ3n) is 3.26. The fraction of sp³-hybridized carbons (Fsp3) is 0.562. The Morgan fingerprint density at radius 2 is 2.05 bits per heavy atom. The number of nitrogens with zero attached hydrogens (tertiary/aromatic N) is 1. The van der Waals surface area contributed by atoms with Gasteiger partial charge < -0.3 is 10.5 Å². The molecule has 0 spiro atoms.